The van der Waals surface area contributed by atoms with E-state index in [2.05, 4.69) is 16.9 Å². The third-order valence-corrected chi connectivity index (χ3v) is 4.68. The number of hydrogen-bond acceptors (Lipinski definition) is 5. The van der Waals surface area contributed by atoms with Gasteiger partial charge in [0, 0.05) is 5.56 Å². The summed E-state index contributed by atoms with van der Waals surface area (Å²) < 4.78 is 18.2. The molecule has 0 spiro atoms. The van der Waals surface area contributed by atoms with Crippen LogP contribution < -0.4 is 10.1 Å². The van der Waals surface area contributed by atoms with E-state index < -0.39 is 0 Å². The number of nitrogens with zero attached hydrogens (tertiary/aromatic N) is 1. The fraction of sp³-hybridized carbons (Fsp3) is 0.100. The number of benzene rings is 2. The number of ether oxygens (including phenoxy) is 1. The Balaban J connectivity index is 1.89. The number of carbonyl (C=O) groups is 1. The van der Waals surface area contributed by atoms with Gasteiger partial charge in [0.25, 0.3) is 5.91 Å². The Kier molecular flexibility index (Phi) is 5.61. The maximum Gasteiger partial charge on any atom is 0.264 e. The Morgan fingerprint density at radius 3 is 2.74 bits per heavy atom. The standard InChI is InChI=1S/C20H17FN2O3S/c1-3-4-13-9-12(10-16(26-2)18(13)24)11-17-19(25)23-20(27-17)22-15-7-5-14(21)6-8-15/h3,5-11,24H,1,4H2,2H3,(H,22,23,25)/b17-11-. The smallest absolute Gasteiger partial charge is 0.264 e. The summed E-state index contributed by atoms with van der Waals surface area (Å²) in [5.74, 6) is -0.246. The van der Waals surface area contributed by atoms with Gasteiger partial charge in [0.1, 0.15) is 5.82 Å². The monoisotopic (exact) mass is 384 g/mol. The molecule has 1 heterocycles. The molecular weight excluding hydrogens is 367 g/mol. The molecule has 0 saturated carbocycles. The van der Waals surface area contributed by atoms with Gasteiger partial charge in [-0.15, -0.1) is 6.58 Å². The molecule has 0 bridgehead atoms. The molecule has 1 amide bonds. The molecule has 5 nitrogen and oxygen atoms in total. The van der Waals surface area contributed by atoms with Crippen LogP contribution in [-0.4, -0.2) is 23.3 Å². The van der Waals surface area contributed by atoms with Crippen molar-refractivity contribution in [2.45, 2.75) is 6.42 Å². The normalized spacial score (nSPS) is 16.6. The first kappa shape index (κ1) is 18.7. The highest BCUT2D eigenvalue weighted by Crippen LogP contribution is 2.34. The second-order valence-electron chi connectivity index (χ2n) is 5.68. The largest absolute Gasteiger partial charge is 0.504 e. The van der Waals surface area contributed by atoms with Crippen LogP contribution in [0.1, 0.15) is 11.1 Å². The lowest BCUT2D eigenvalue weighted by Gasteiger charge is -2.09. The zero-order chi connectivity index (χ0) is 19.4. The van der Waals surface area contributed by atoms with E-state index in [1.54, 1.807) is 24.3 Å². The number of carbonyl (C=O) groups excluding carboxylic acids is 1. The molecule has 0 aliphatic carbocycles. The van der Waals surface area contributed by atoms with E-state index in [9.17, 15) is 14.3 Å². The van der Waals surface area contributed by atoms with Crippen LogP contribution in [-0.2, 0) is 11.2 Å². The molecule has 138 valence electrons. The summed E-state index contributed by atoms with van der Waals surface area (Å²) in [5, 5.41) is 13.3. The summed E-state index contributed by atoms with van der Waals surface area (Å²) in [6.45, 7) is 3.68. The lowest BCUT2D eigenvalue weighted by molar-refractivity contribution is -0.115. The van der Waals surface area contributed by atoms with Crippen LogP contribution in [0.2, 0.25) is 0 Å². The molecule has 0 radical (unpaired) electrons. The Morgan fingerprint density at radius 1 is 1.33 bits per heavy atom. The summed E-state index contributed by atoms with van der Waals surface area (Å²) in [4.78, 5) is 17.0. The van der Waals surface area contributed by atoms with Crippen LogP contribution in [0.4, 0.5) is 10.1 Å². The fourth-order valence-electron chi connectivity index (χ4n) is 2.50. The van der Waals surface area contributed by atoms with Crippen LogP contribution >= 0.6 is 11.8 Å². The van der Waals surface area contributed by atoms with Crippen LogP contribution in [0.25, 0.3) is 6.08 Å². The van der Waals surface area contributed by atoms with E-state index in [1.807, 2.05) is 0 Å². The Hall–Kier alpha value is -3.06. The lowest BCUT2D eigenvalue weighted by atomic mass is 10.1. The van der Waals surface area contributed by atoms with Crippen molar-refractivity contribution < 1.29 is 19.0 Å². The van der Waals surface area contributed by atoms with Gasteiger partial charge in [-0.1, -0.05) is 6.08 Å². The predicted molar refractivity (Wildman–Crippen MR) is 106 cm³/mol. The third kappa shape index (κ3) is 4.38. The number of amidine groups is 1. The van der Waals surface area contributed by atoms with Gasteiger partial charge in [0.05, 0.1) is 17.7 Å². The minimum Gasteiger partial charge on any atom is -0.504 e. The number of thioether (sulfide) groups is 1. The van der Waals surface area contributed by atoms with Gasteiger partial charge in [-0.05, 0) is 66.2 Å². The highest BCUT2D eigenvalue weighted by atomic mass is 32.2. The minimum atomic E-state index is -0.348. The molecule has 7 heteroatoms. The number of halogens is 1. The second-order valence-corrected chi connectivity index (χ2v) is 6.71. The number of aliphatic imine (C=N–C) groups is 1. The topological polar surface area (TPSA) is 70.9 Å². The minimum absolute atomic E-state index is 0.0571. The average molecular weight is 384 g/mol. The molecule has 1 aliphatic heterocycles. The molecule has 2 aromatic carbocycles. The van der Waals surface area contributed by atoms with Crippen molar-refractivity contribution in [2.75, 3.05) is 7.11 Å². The van der Waals surface area contributed by atoms with Gasteiger partial charge in [-0.2, -0.15) is 0 Å². The van der Waals surface area contributed by atoms with E-state index in [4.69, 9.17) is 4.74 Å². The quantitative estimate of drug-likeness (QED) is 0.600. The zero-order valence-electron chi connectivity index (χ0n) is 14.5. The number of methoxy groups -OCH3 is 1. The number of hydrogen-bond donors (Lipinski definition) is 2. The zero-order valence-corrected chi connectivity index (χ0v) is 15.3. The molecule has 0 atom stereocenters. The number of amides is 1. The van der Waals surface area contributed by atoms with Crippen molar-refractivity contribution in [1.29, 1.82) is 0 Å². The van der Waals surface area contributed by atoms with Gasteiger partial charge in [0.2, 0.25) is 0 Å². The molecule has 3 rings (SSSR count). The number of allylic oxidation sites excluding steroid dienone is 1. The van der Waals surface area contributed by atoms with Crippen LogP contribution in [0.3, 0.4) is 0 Å². The maximum absolute atomic E-state index is 13.0. The van der Waals surface area contributed by atoms with Crippen molar-refractivity contribution in [3.63, 3.8) is 0 Å². The van der Waals surface area contributed by atoms with Crippen molar-refractivity contribution in [2.24, 2.45) is 4.99 Å². The van der Waals surface area contributed by atoms with Crippen molar-refractivity contribution in [1.82, 2.24) is 5.32 Å². The van der Waals surface area contributed by atoms with Crippen LogP contribution in [0.15, 0.2) is 59.0 Å². The van der Waals surface area contributed by atoms with E-state index in [-0.39, 0.29) is 17.5 Å². The lowest BCUT2D eigenvalue weighted by Crippen LogP contribution is -2.19. The highest BCUT2D eigenvalue weighted by molar-refractivity contribution is 8.18. The molecule has 0 unspecified atom stereocenters. The molecule has 1 aliphatic rings. The number of rotatable bonds is 5. The van der Waals surface area contributed by atoms with Gasteiger partial charge in [-0.3, -0.25) is 4.79 Å². The summed E-state index contributed by atoms with van der Waals surface area (Å²) >= 11 is 1.18. The third-order valence-electron chi connectivity index (χ3n) is 3.77. The van der Waals surface area contributed by atoms with Crippen molar-refractivity contribution in [3.8, 4) is 11.5 Å². The first-order valence-corrected chi connectivity index (χ1v) is 8.87. The Bertz CT molecular complexity index is 952. The predicted octanol–water partition coefficient (Wildman–Crippen LogP) is 4.16. The first-order valence-electron chi connectivity index (χ1n) is 8.06. The second kappa shape index (κ2) is 8.09. The van der Waals surface area contributed by atoms with Gasteiger partial charge in [0.15, 0.2) is 16.7 Å². The molecule has 1 saturated heterocycles. The van der Waals surface area contributed by atoms with Crippen LogP contribution in [0, 0.1) is 5.82 Å². The van der Waals surface area contributed by atoms with E-state index in [1.165, 1.54) is 43.1 Å². The van der Waals surface area contributed by atoms with Crippen molar-refractivity contribution in [3.05, 3.63) is 70.9 Å². The fourth-order valence-corrected chi connectivity index (χ4v) is 3.35. The SMILES string of the molecule is C=CCc1cc(/C=C2\SC(=Nc3ccc(F)cc3)NC2=O)cc(OC)c1O. The first-order chi connectivity index (χ1) is 13.0. The van der Waals surface area contributed by atoms with Crippen molar-refractivity contribution >= 4 is 34.6 Å². The molecule has 2 N–H and O–H groups in total. The van der Waals surface area contributed by atoms with Crippen LogP contribution in [0.5, 0.6) is 11.5 Å². The van der Waals surface area contributed by atoms with E-state index >= 15 is 0 Å². The number of phenolic OH excluding ortho intramolecular Hbond substituents is 1. The Morgan fingerprint density at radius 2 is 2.07 bits per heavy atom. The number of aromatic hydroxyl groups is 1. The molecular formula is C20H17FN2O3S. The summed E-state index contributed by atoms with van der Waals surface area (Å²) in [5.41, 5.74) is 1.90. The molecule has 0 aromatic heterocycles. The summed E-state index contributed by atoms with van der Waals surface area (Å²) in [7, 11) is 1.47. The number of phenols is 1. The van der Waals surface area contributed by atoms with Gasteiger partial charge >= 0.3 is 0 Å². The molecule has 1 fully saturated rings. The van der Waals surface area contributed by atoms with Gasteiger partial charge in [-0.25, -0.2) is 9.38 Å². The summed E-state index contributed by atoms with van der Waals surface area (Å²) in [6, 6.07) is 9.10. The highest BCUT2D eigenvalue weighted by Gasteiger charge is 2.24. The maximum atomic E-state index is 13.0. The van der Waals surface area contributed by atoms with E-state index in [0.717, 1.165) is 0 Å². The number of nitrogens with one attached hydrogen (secondary N) is 1. The Labute approximate surface area is 160 Å². The molecule has 27 heavy (non-hydrogen) atoms. The van der Waals surface area contributed by atoms with Gasteiger partial charge < -0.3 is 15.2 Å². The summed E-state index contributed by atoms with van der Waals surface area (Å²) in [6.07, 6.45) is 3.84. The van der Waals surface area contributed by atoms with E-state index in [0.29, 0.717) is 39.1 Å². The average Bonchev–Trinajstić information content (AvgIpc) is 2.98. The molecule has 2 aromatic rings.